The Kier molecular flexibility index (Phi) is 3.56. The molecule has 124 valence electrons. The fourth-order valence-corrected chi connectivity index (χ4v) is 3.96. The molecule has 0 N–H and O–H groups in total. The van der Waals surface area contributed by atoms with Crippen LogP contribution < -0.4 is 4.74 Å². The highest BCUT2D eigenvalue weighted by molar-refractivity contribution is 6.09. The van der Waals surface area contributed by atoms with Gasteiger partial charge in [-0.1, -0.05) is 37.6 Å². The monoisotopic (exact) mass is 323 g/mol. The number of amides is 2. The van der Waals surface area contributed by atoms with E-state index in [4.69, 9.17) is 4.74 Å². The number of ether oxygens (including phenoxy) is 1. The Morgan fingerprint density at radius 1 is 1.12 bits per heavy atom. The zero-order valence-corrected chi connectivity index (χ0v) is 13.9. The number of nitrogens with zero attached hydrogens (tertiary/aromatic N) is 1. The molecular weight excluding hydrogens is 302 g/mol. The minimum atomic E-state index is -0.794. The van der Waals surface area contributed by atoms with E-state index in [0.717, 1.165) is 42.9 Å². The summed E-state index contributed by atoms with van der Waals surface area (Å²) in [4.78, 5) is 27.1. The summed E-state index contributed by atoms with van der Waals surface area (Å²) in [5.41, 5.74) is -0.301. The lowest BCUT2D eigenvalue weighted by Crippen LogP contribution is -2.61. The van der Waals surface area contributed by atoms with Crippen molar-refractivity contribution in [1.29, 1.82) is 0 Å². The lowest BCUT2D eigenvalue weighted by molar-refractivity contribution is -0.153. The molecule has 1 aliphatic heterocycles. The van der Waals surface area contributed by atoms with E-state index in [-0.39, 0.29) is 11.8 Å². The van der Waals surface area contributed by atoms with Gasteiger partial charge in [-0.15, -0.1) is 0 Å². The Morgan fingerprint density at radius 3 is 2.46 bits per heavy atom. The second kappa shape index (κ2) is 5.62. The van der Waals surface area contributed by atoms with Crippen LogP contribution in [0.1, 0.15) is 55.8 Å². The summed E-state index contributed by atoms with van der Waals surface area (Å²) >= 11 is 0. The molecule has 24 heavy (non-hydrogen) atoms. The summed E-state index contributed by atoms with van der Waals surface area (Å²) in [7, 11) is 0. The molecule has 1 heterocycles. The maximum absolute atomic E-state index is 13.2. The summed E-state index contributed by atoms with van der Waals surface area (Å²) in [6.07, 6.45) is 4.82. The van der Waals surface area contributed by atoms with E-state index in [0.29, 0.717) is 17.7 Å². The van der Waals surface area contributed by atoms with Crippen LogP contribution in [0.5, 0.6) is 5.75 Å². The number of hydrogen-bond donors (Lipinski definition) is 0. The van der Waals surface area contributed by atoms with Gasteiger partial charge in [0.25, 0.3) is 5.91 Å². The Hall–Kier alpha value is -2.36. The first-order valence-corrected chi connectivity index (χ1v) is 8.74. The molecule has 4 rings (SSSR count). The minimum absolute atomic E-state index is 0.152. The number of carbonyl (C=O) groups is 2. The number of hydrogen-bond acceptors (Lipinski definition) is 3. The Bertz CT molecular complexity index is 821. The van der Waals surface area contributed by atoms with Crippen molar-refractivity contribution in [2.45, 2.75) is 51.2 Å². The standard InChI is InChI=1S/C20H21NO3/c1-2-18(22)21-19(23)16-12-14-8-4-5-9-15(14)13-17(16)24-20(21)10-6-3-7-11-20/h4-5,8-9,12-13H,2-3,6-7,10-11H2,1H3. The molecular formula is C20H21NO3. The van der Waals surface area contributed by atoms with Crippen molar-refractivity contribution < 1.29 is 14.3 Å². The van der Waals surface area contributed by atoms with E-state index >= 15 is 0 Å². The Balaban J connectivity index is 1.88. The van der Waals surface area contributed by atoms with E-state index in [1.807, 2.05) is 36.4 Å². The molecule has 2 aromatic rings. The average molecular weight is 323 g/mol. The Labute approximate surface area is 141 Å². The number of benzene rings is 2. The minimum Gasteiger partial charge on any atom is -0.467 e. The quantitative estimate of drug-likeness (QED) is 0.787. The predicted octanol–water partition coefficient (Wildman–Crippen LogP) is 4.27. The van der Waals surface area contributed by atoms with Gasteiger partial charge in [0, 0.05) is 19.3 Å². The van der Waals surface area contributed by atoms with E-state index in [1.54, 1.807) is 6.92 Å². The van der Waals surface area contributed by atoms with Crippen molar-refractivity contribution in [1.82, 2.24) is 4.90 Å². The fourth-order valence-electron chi connectivity index (χ4n) is 3.96. The number of imide groups is 1. The topological polar surface area (TPSA) is 46.6 Å². The number of fused-ring (bicyclic) bond motifs is 2. The summed E-state index contributed by atoms with van der Waals surface area (Å²) in [6, 6.07) is 11.7. The van der Waals surface area contributed by atoms with Gasteiger partial charge in [-0.05, 0) is 35.7 Å². The van der Waals surface area contributed by atoms with Crippen LogP contribution in [0.25, 0.3) is 10.8 Å². The summed E-state index contributed by atoms with van der Waals surface area (Å²) in [5.74, 6) is 0.247. The first-order valence-electron chi connectivity index (χ1n) is 8.74. The average Bonchev–Trinajstić information content (AvgIpc) is 2.61. The molecule has 0 atom stereocenters. The zero-order valence-electron chi connectivity index (χ0n) is 13.9. The summed E-state index contributed by atoms with van der Waals surface area (Å²) in [6.45, 7) is 1.79. The predicted molar refractivity (Wildman–Crippen MR) is 91.9 cm³/mol. The normalized spacial score (nSPS) is 19.2. The summed E-state index contributed by atoms with van der Waals surface area (Å²) < 4.78 is 6.36. The molecule has 1 aliphatic carbocycles. The van der Waals surface area contributed by atoms with Crippen LogP contribution >= 0.6 is 0 Å². The van der Waals surface area contributed by atoms with Crippen molar-refractivity contribution in [3.63, 3.8) is 0 Å². The smallest absolute Gasteiger partial charge is 0.267 e. The molecule has 0 radical (unpaired) electrons. The van der Waals surface area contributed by atoms with Crippen LogP contribution in [-0.2, 0) is 4.79 Å². The molecule has 4 nitrogen and oxygen atoms in total. The second-order valence-electron chi connectivity index (χ2n) is 6.69. The maximum atomic E-state index is 13.2. The third-order valence-corrected chi connectivity index (χ3v) is 5.18. The maximum Gasteiger partial charge on any atom is 0.267 e. The summed E-state index contributed by atoms with van der Waals surface area (Å²) in [5, 5.41) is 2.03. The Morgan fingerprint density at radius 2 is 1.79 bits per heavy atom. The van der Waals surface area contributed by atoms with Crippen molar-refractivity contribution in [3.8, 4) is 5.75 Å². The molecule has 1 saturated carbocycles. The molecule has 0 unspecified atom stereocenters. The molecule has 1 fully saturated rings. The first kappa shape index (κ1) is 15.2. The first-order chi connectivity index (χ1) is 11.6. The van der Waals surface area contributed by atoms with Gasteiger partial charge in [0.15, 0.2) is 5.72 Å². The number of rotatable bonds is 1. The zero-order chi connectivity index (χ0) is 16.7. The molecule has 2 aromatic carbocycles. The SMILES string of the molecule is CCC(=O)N1C(=O)c2cc3ccccc3cc2OC12CCCCC2. The molecule has 0 bridgehead atoms. The highest BCUT2D eigenvalue weighted by atomic mass is 16.5. The lowest BCUT2D eigenvalue weighted by Gasteiger charge is -2.47. The van der Waals surface area contributed by atoms with Gasteiger partial charge in [-0.2, -0.15) is 0 Å². The van der Waals surface area contributed by atoms with Crippen molar-refractivity contribution in [3.05, 3.63) is 42.0 Å². The molecule has 2 aliphatic rings. The van der Waals surface area contributed by atoms with Gasteiger partial charge in [0.05, 0.1) is 5.56 Å². The van der Waals surface area contributed by atoms with Crippen LogP contribution in [0, 0.1) is 0 Å². The fraction of sp³-hybridized carbons (Fsp3) is 0.400. The van der Waals surface area contributed by atoms with E-state index in [2.05, 4.69) is 0 Å². The third-order valence-electron chi connectivity index (χ3n) is 5.18. The highest BCUT2D eigenvalue weighted by Crippen LogP contribution is 2.43. The third kappa shape index (κ3) is 2.20. The molecule has 1 spiro atoms. The van der Waals surface area contributed by atoms with Crippen LogP contribution in [0.4, 0.5) is 0 Å². The van der Waals surface area contributed by atoms with Crippen molar-refractivity contribution in [2.75, 3.05) is 0 Å². The molecule has 0 aromatic heterocycles. The van der Waals surface area contributed by atoms with Crippen LogP contribution in [0.2, 0.25) is 0 Å². The van der Waals surface area contributed by atoms with E-state index < -0.39 is 5.72 Å². The van der Waals surface area contributed by atoms with Crippen molar-refractivity contribution >= 4 is 22.6 Å². The van der Waals surface area contributed by atoms with Gasteiger partial charge in [0.2, 0.25) is 5.91 Å². The molecule has 4 heteroatoms. The van der Waals surface area contributed by atoms with Gasteiger partial charge in [-0.25, -0.2) is 4.90 Å². The van der Waals surface area contributed by atoms with Crippen molar-refractivity contribution in [2.24, 2.45) is 0 Å². The highest BCUT2D eigenvalue weighted by Gasteiger charge is 2.50. The van der Waals surface area contributed by atoms with Crippen LogP contribution in [-0.4, -0.2) is 22.4 Å². The van der Waals surface area contributed by atoms with E-state index in [1.165, 1.54) is 4.90 Å². The molecule has 0 saturated heterocycles. The van der Waals surface area contributed by atoms with Gasteiger partial charge < -0.3 is 4.74 Å². The second-order valence-corrected chi connectivity index (χ2v) is 6.69. The van der Waals surface area contributed by atoms with Gasteiger partial charge >= 0.3 is 0 Å². The van der Waals surface area contributed by atoms with Gasteiger partial charge in [0.1, 0.15) is 5.75 Å². The van der Waals surface area contributed by atoms with E-state index in [9.17, 15) is 9.59 Å². The van der Waals surface area contributed by atoms with Crippen LogP contribution in [0.15, 0.2) is 36.4 Å². The molecule has 2 amide bonds. The van der Waals surface area contributed by atoms with Gasteiger partial charge in [-0.3, -0.25) is 9.59 Å². The largest absolute Gasteiger partial charge is 0.467 e. The number of carbonyl (C=O) groups excluding carboxylic acids is 2. The van der Waals surface area contributed by atoms with Crippen LogP contribution in [0.3, 0.4) is 0 Å². The lowest BCUT2D eigenvalue weighted by atomic mass is 9.87.